The van der Waals surface area contributed by atoms with Gasteiger partial charge < -0.3 is 9.47 Å². The fourth-order valence-electron chi connectivity index (χ4n) is 2.50. The SMILES string of the molecule is CCS(=O)(=O)N[C@H]1CCOC[C@@H]1COc1ccc(C(C)=O)c(F)c1. The fourth-order valence-corrected chi connectivity index (χ4v) is 3.44. The molecule has 1 fully saturated rings. The third-order valence-corrected chi connectivity index (χ3v) is 5.39. The minimum absolute atomic E-state index is 0.00958. The number of carbonyl (C=O) groups excluding carboxylic acids is 1. The second kappa shape index (κ2) is 8.04. The summed E-state index contributed by atoms with van der Waals surface area (Å²) in [5, 5.41) is 0. The maximum Gasteiger partial charge on any atom is 0.211 e. The summed E-state index contributed by atoms with van der Waals surface area (Å²) in [4.78, 5) is 11.2. The summed E-state index contributed by atoms with van der Waals surface area (Å²) in [5.41, 5.74) is 0.0110. The Morgan fingerprint density at radius 1 is 1.46 bits per heavy atom. The van der Waals surface area contributed by atoms with Crippen molar-refractivity contribution in [3.8, 4) is 5.75 Å². The van der Waals surface area contributed by atoms with Crippen molar-refractivity contribution in [1.29, 1.82) is 0 Å². The average molecular weight is 359 g/mol. The molecule has 1 aliphatic heterocycles. The maximum absolute atomic E-state index is 13.8. The number of benzene rings is 1. The van der Waals surface area contributed by atoms with Gasteiger partial charge in [-0.3, -0.25) is 4.79 Å². The van der Waals surface area contributed by atoms with Crippen LogP contribution in [0.5, 0.6) is 5.75 Å². The summed E-state index contributed by atoms with van der Waals surface area (Å²) >= 11 is 0. The number of hydrogen-bond donors (Lipinski definition) is 1. The molecule has 134 valence electrons. The molecule has 1 aromatic carbocycles. The molecule has 8 heteroatoms. The molecule has 24 heavy (non-hydrogen) atoms. The highest BCUT2D eigenvalue weighted by molar-refractivity contribution is 7.89. The van der Waals surface area contributed by atoms with Crippen molar-refractivity contribution >= 4 is 15.8 Å². The van der Waals surface area contributed by atoms with Gasteiger partial charge in [0, 0.05) is 24.6 Å². The summed E-state index contributed by atoms with van der Waals surface area (Å²) in [6.07, 6.45) is 0.560. The van der Waals surface area contributed by atoms with Gasteiger partial charge in [0.25, 0.3) is 0 Å². The standard InChI is InChI=1S/C16H22FNO5S/c1-3-24(20,21)18-16-6-7-22-9-12(16)10-23-13-4-5-14(11(2)19)15(17)8-13/h4-5,8,12,16,18H,3,6-7,9-10H2,1-2H3/t12-,16+/m1/s1. The molecule has 2 rings (SSSR count). The van der Waals surface area contributed by atoms with Crippen LogP contribution in [-0.4, -0.2) is 45.8 Å². The number of rotatable bonds is 7. The first-order chi connectivity index (χ1) is 11.3. The third-order valence-electron chi connectivity index (χ3n) is 3.97. The van der Waals surface area contributed by atoms with Gasteiger partial charge in [0.2, 0.25) is 10.0 Å². The first-order valence-corrected chi connectivity index (χ1v) is 9.48. The van der Waals surface area contributed by atoms with Gasteiger partial charge in [-0.15, -0.1) is 0 Å². The monoisotopic (exact) mass is 359 g/mol. The molecule has 1 heterocycles. The van der Waals surface area contributed by atoms with Crippen molar-refractivity contribution in [2.75, 3.05) is 25.6 Å². The molecular formula is C16H22FNO5S. The number of ketones is 1. The zero-order valence-electron chi connectivity index (χ0n) is 13.7. The minimum atomic E-state index is -3.32. The summed E-state index contributed by atoms with van der Waals surface area (Å²) in [6.45, 7) is 3.91. The summed E-state index contributed by atoms with van der Waals surface area (Å²) < 4.78 is 50.9. The predicted molar refractivity (Wildman–Crippen MR) is 87.2 cm³/mol. The van der Waals surface area contributed by atoms with Gasteiger partial charge in [0.05, 0.1) is 24.5 Å². The molecule has 0 aromatic heterocycles. The van der Waals surface area contributed by atoms with E-state index in [1.54, 1.807) is 6.92 Å². The molecule has 0 amide bonds. The maximum atomic E-state index is 13.8. The molecule has 0 bridgehead atoms. The van der Waals surface area contributed by atoms with Gasteiger partial charge in [-0.25, -0.2) is 17.5 Å². The largest absolute Gasteiger partial charge is 0.493 e. The molecule has 0 saturated carbocycles. The normalized spacial score (nSPS) is 21.5. The Morgan fingerprint density at radius 2 is 2.21 bits per heavy atom. The molecule has 0 spiro atoms. The molecule has 1 N–H and O–H groups in total. The number of sulfonamides is 1. The number of Topliss-reactive ketones (excluding diaryl/α,β-unsaturated/α-hetero) is 1. The lowest BCUT2D eigenvalue weighted by Crippen LogP contribution is -2.47. The van der Waals surface area contributed by atoms with Crippen molar-refractivity contribution < 1.29 is 27.1 Å². The van der Waals surface area contributed by atoms with E-state index in [4.69, 9.17) is 9.47 Å². The molecule has 1 aromatic rings. The molecule has 6 nitrogen and oxygen atoms in total. The lowest BCUT2D eigenvalue weighted by atomic mass is 9.98. The van der Waals surface area contributed by atoms with Crippen LogP contribution in [0.25, 0.3) is 0 Å². The van der Waals surface area contributed by atoms with E-state index in [9.17, 15) is 17.6 Å². The van der Waals surface area contributed by atoms with E-state index in [1.165, 1.54) is 19.1 Å². The van der Waals surface area contributed by atoms with Crippen LogP contribution in [-0.2, 0) is 14.8 Å². The number of nitrogens with one attached hydrogen (secondary N) is 1. The Kier molecular flexibility index (Phi) is 6.31. The van der Waals surface area contributed by atoms with Crippen molar-refractivity contribution in [2.24, 2.45) is 5.92 Å². The van der Waals surface area contributed by atoms with Crippen LogP contribution in [0.2, 0.25) is 0 Å². The second-order valence-corrected chi connectivity index (χ2v) is 7.80. The highest BCUT2D eigenvalue weighted by Crippen LogP contribution is 2.21. The fraction of sp³-hybridized carbons (Fsp3) is 0.562. The smallest absolute Gasteiger partial charge is 0.211 e. The zero-order valence-corrected chi connectivity index (χ0v) is 14.6. The molecule has 0 radical (unpaired) electrons. The van der Waals surface area contributed by atoms with E-state index in [-0.39, 0.29) is 35.7 Å². The summed E-state index contributed by atoms with van der Waals surface area (Å²) in [5.74, 6) is -0.858. The first kappa shape index (κ1) is 18.8. The van der Waals surface area contributed by atoms with Crippen LogP contribution in [0.1, 0.15) is 30.6 Å². The number of hydrogen-bond acceptors (Lipinski definition) is 5. The molecule has 0 unspecified atom stereocenters. The number of carbonyl (C=O) groups is 1. The van der Waals surface area contributed by atoms with Crippen molar-refractivity contribution in [1.82, 2.24) is 4.72 Å². The van der Waals surface area contributed by atoms with Crippen LogP contribution in [0.4, 0.5) is 4.39 Å². The van der Waals surface area contributed by atoms with Gasteiger partial charge in [-0.2, -0.15) is 0 Å². The Labute approximate surface area is 141 Å². The van der Waals surface area contributed by atoms with E-state index in [2.05, 4.69) is 4.72 Å². The van der Waals surface area contributed by atoms with Gasteiger partial charge >= 0.3 is 0 Å². The van der Waals surface area contributed by atoms with Crippen LogP contribution in [0.15, 0.2) is 18.2 Å². The molecular weight excluding hydrogens is 337 g/mol. The number of halogens is 1. The highest BCUT2D eigenvalue weighted by atomic mass is 32.2. The highest BCUT2D eigenvalue weighted by Gasteiger charge is 2.29. The Bertz CT molecular complexity index is 692. The predicted octanol–water partition coefficient (Wildman–Crippen LogP) is 1.75. The lowest BCUT2D eigenvalue weighted by molar-refractivity contribution is 0.0186. The summed E-state index contributed by atoms with van der Waals surface area (Å²) in [6, 6.07) is 3.78. The van der Waals surface area contributed by atoms with Gasteiger partial charge in [-0.05, 0) is 32.4 Å². The first-order valence-electron chi connectivity index (χ1n) is 7.83. The second-order valence-electron chi connectivity index (χ2n) is 5.76. The van der Waals surface area contributed by atoms with E-state index >= 15 is 0 Å². The molecule has 1 saturated heterocycles. The number of ether oxygens (including phenoxy) is 2. The average Bonchev–Trinajstić information content (AvgIpc) is 2.53. The molecule has 1 aliphatic rings. The Balaban J connectivity index is 2.01. The van der Waals surface area contributed by atoms with E-state index in [0.29, 0.717) is 25.4 Å². The van der Waals surface area contributed by atoms with Crippen molar-refractivity contribution in [3.05, 3.63) is 29.6 Å². The van der Waals surface area contributed by atoms with Crippen LogP contribution in [0, 0.1) is 11.7 Å². The molecule has 2 atom stereocenters. The van der Waals surface area contributed by atoms with Gasteiger partial charge in [-0.1, -0.05) is 0 Å². The zero-order chi connectivity index (χ0) is 17.7. The third kappa shape index (κ3) is 4.99. The van der Waals surface area contributed by atoms with Gasteiger partial charge in [0.15, 0.2) is 5.78 Å². The van der Waals surface area contributed by atoms with Crippen LogP contribution >= 0.6 is 0 Å². The van der Waals surface area contributed by atoms with E-state index in [1.807, 2.05) is 0 Å². The summed E-state index contributed by atoms with van der Waals surface area (Å²) in [7, 11) is -3.32. The van der Waals surface area contributed by atoms with Crippen LogP contribution < -0.4 is 9.46 Å². The minimum Gasteiger partial charge on any atom is -0.493 e. The van der Waals surface area contributed by atoms with Crippen molar-refractivity contribution in [2.45, 2.75) is 26.3 Å². The van der Waals surface area contributed by atoms with Crippen LogP contribution in [0.3, 0.4) is 0 Å². The lowest BCUT2D eigenvalue weighted by Gasteiger charge is -2.31. The topological polar surface area (TPSA) is 81.7 Å². The molecule has 0 aliphatic carbocycles. The van der Waals surface area contributed by atoms with E-state index < -0.39 is 15.8 Å². The van der Waals surface area contributed by atoms with Gasteiger partial charge in [0.1, 0.15) is 11.6 Å². The van der Waals surface area contributed by atoms with E-state index in [0.717, 1.165) is 6.07 Å². The Morgan fingerprint density at radius 3 is 2.83 bits per heavy atom. The van der Waals surface area contributed by atoms with Crippen molar-refractivity contribution in [3.63, 3.8) is 0 Å². The Hall–Kier alpha value is -1.51. The quantitative estimate of drug-likeness (QED) is 0.750.